The fraction of sp³-hybridized carbons (Fsp3) is 0.741. The van der Waals surface area contributed by atoms with Crippen molar-refractivity contribution in [1.82, 2.24) is 21.3 Å². The number of nitrogens with one attached hydrogen (secondary N) is 4. The maximum absolute atomic E-state index is 13.4. The van der Waals surface area contributed by atoms with E-state index in [2.05, 4.69) is 21.3 Å². The van der Waals surface area contributed by atoms with E-state index in [1.807, 2.05) is 0 Å². The number of primary amides is 2. The number of carbonyl (C=O) groups is 7. The number of alkyl carbamates (subject to hydrolysis) is 1. The van der Waals surface area contributed by atoms with Gasteiger partial charge >= 0.3 is 12.1 Å². The molecule has 6 amide bonds. The van der Waals surface area contributed by atoms with Gasteiger partial charge in [0.2, 0.25) is 29.5 Å². The second-order valence-electron chi connectivity index (χ2n) is 11.4. The van der Waals surface area contributed by atoms with E-state index in [4.69, 9.17) is 20.9 Å². The van der Waals surface area contributed by atoms with Gasteiger partial charge in [-0.3, -0.25) is 24.0 Å². The topological polar surface area (TPSA) is 238 Å². The van der Waals surface area contributed by atoms with Crippen LogP contribution in [0.25, 0.3) is 0 Å². The lowest BCUT2D eigenvalue weighted by molar-refractivity contribution is -0.147. The SMILES string of the molecule is CC[C@H](C)[C@H](NC(=O)[C@H](CCC(N)=O)NC(=O)[C@H](CCC(N)=O)NC(=O)OC(C)(C)C)C(=O)N[C@H](C(=O)OC)C(C)C. The first-order chi connectivity index (χ1) is 19.3. The van der Waals surface area contributed by atoms with Crippen molar-refractivity contribution < 1.29 is 43.0 Å². The van der Waals surface area contributed by atoms with Crippen LogP contribution in [0.2, 0.25) is 0 Å². The molecule has 240 valence electrons. The lowest BCUT2D eigenvalue weighted by atomic mass is 9.96. The molecule has 0 aliphatic rings. The standard InChI is InChI=1S/C27H48N6O9/c1-9-15(4)21(24(38)32-20(14(2)3)25(39)41-8)33-23(37)16(10-12-18(28)34)30-22(36)17(11-13-19(29)35)31-26(40)42-27(5,6)7/h14-17,20-21H,9-13H2,1-8H3,(H2,28,34)(H2,29,35)(H,30,36)(H,31,40)(H,32,38)(H,33,37)/t15-,16-,17-,20-,21-/m0/s1. The number of rotatable bonds is 17. The van der Waals surface area contributed by atoms with Crippen molar-refractivity contribution in [1.29, 1.82) is 0 Å². The van der Waals surface area contributed by atoms with E-state index < -0.39 is 77.3 Å². The molecule has 0 saturated heterocycles. The quantitative estimate of drug-likeness (QED) is 0.120. The van der Waals surface area contributed by atoms with Crippen LogP contribution in [-0.2, 0) is 38.2 Å². The lowest BCUT2D eigenvalue weighted by Crippen LogP contribution is -2.59. The van der Waals surface area contributed by atoms with E-state index in [1.54, 1.807) is 48.5 Å². The third-order valence-electron chi connectivity index (χ3n) is 6.21. The van der Waals surface area contributed by atoms with Crippen molar-refractivity contribution in [2.24, 2.45) is 23.3 Å². The molecule has 0 radical (unpaired) electrons. The highest BCUT2D eigenvalue weighted by Crippen LogP contribution is 2.13. The minimum atomic E-state index is -1.36. The van der Waals surface area contributed by atoms with Crippen LogP contribution >= 0.6 is 0 Å². The largest absolute Gasteiger partial charge is 0.467 e. The maximum atomic E-state index is 13.4. The number of hydrogen-bond donors (Lipinski definition) is 6. The minimum Gasteiger partial charge on any atom is -0.467 e. The number of ether oxygens (including phenoxy) is 2. The van der Waals surface area contributed by atoms with E-state index >= 15 is 0 Å². The van der Waals surface area contributed by atoms with Crippen molar-refractivity contribution in [2.75, 3.05) is 7.11 Å². The van der Waals surface area contributed by atoms with Gasteiger partial charge in [0.15, 0.2) is 0 Å². The van der Waals surface area contributed by atoms with Crippen LogP contribution in [0.1, 0.15) is 80.6 Å². The minimum absolute atomic E-state index is 0.202. The Morgan fingerprint density at radius 1 is 0.714 bits per heavy atom. The Kier molecular flexibility index (Phi) is 16.1. The second-order valence-corrected chi connectivity index (χ2v) is 11.4. The molecule has 5 atom stereocenters. The molecule has 42 heavy (non-hydrogen) atoms. The van der Waals surface area contributed by atoms with Gasteiger partial charge in [0.05, 0.1) is 7.11 Å². The van der Waals surface area contributed by atoms with Crippen molar-refractivity contribution in [3.8, 4) is 0 Å². The molecule has 0 spiro atoms. The summed E-state index contributed by atoms with van der Waals surface area (Å²) in [6.45, 7) is 11.8. The summed E-state index contributed by atoms with van der Waals surface area (Å²) in [5.41, 5.74) is 9.59. The fourth-order valence-corrected chi connectivity index (χ4v) is 3.66. The van der Waals surface area contributed by atoms with Gasteiger partial charge in [-0.05, 0) is 45.4 Å². The third-order valence-corrected chi connectivity index (χ3v) is 6.21. The van der Waals surface area contributed by atoms with Crippen LogP contribution in [-0.4, -0.2) is 78.5 Å². The van der Waals surface area contributed by atoms with Gasteiger partial charge in [0, 0.05) is 12.8 Å². The predicted octanol–water partition coefficient (Wildman–Crippen LogP) is -0.260. The molecule has 0 heterocycles. The van der Waals surface area contributed by atoms with Crippen LogP contribution in [0.3, 0.4) is 0 Å². The number of amides is 6. The first-order valence-corrected chi connectivity index (χ1v) is 13.9. The number of hydrogen-bond acceptors (Lipinski definition) is 9. The molecule has 0 bridgehead atoms. The number of carbonyl (C=O) groups excluding carboxylic acids is 7. The van der Waals surface area contributed by atoms with Crippen molar-refractivity contribution in [3.05, 3.63) is 0 Å². The summed E-state index contributed by atoms with van der Waals surface area (Å²) < 4.78 is 9.95. The van der Waals surface area contributed by atoms with Gasteiger partial charge in [-0.15, -0.1) is 0 Å². The highest BCUT2D eigenvalue weighted by molar-refractivity contribution is 5.95. The molecule has 0 aromatic carbocycles. The smallest absolute Gasteiger partial charge is 0.408 e. The van der Waals surface area contributed by atoms with Crippen molar-refractivity contribution in [2.45, 2.75) is 110 Å². The van der Waals surface area contributed by atoms with Crippen LogP contribution in [0, 0.1) is 11.8 Å². The number of nitrogens with two attached hydrogens (primary N) is 2. The van der Waals surface area contributed by atoms with E-state index in [0.29, 0.717) is 6.42 Å². The summed E-state index contributed by atoms with van der Waals surface area (Å²) in [6.07, 6.45) is -1.46. The van der Waals surface area contributed by atoms with Crippen molar-refractivity contribution in [3.63, 3.8) is 0 Å². The zero-order valence-corrected chi connectivity index (χ0v) is 25.8. The Hall–Kier alpha value is -3.91. The second kappa shape index (κ2) is 17.8. The molecule has 0 fully saturated rings. The Balaban J connectivity index is 6.04. The lowest BCUT2D eigenvalue weighted by Gasteiger charge is -2.29. The van der Waals surface area contributed by atoms with Gasteiger partial charge < -0.3 is 42.2 Å². The maximum Gasteiger partial charge on any atom is 0.408 e. The summed E-state index contributed by atoms with van der Waals surface area (Å²) in [4.78, 5) is 87.2. The highest BCUT2D eigenvalue weighted by Gasteiger charge is 2.34. The number of methoxy groups -OCH3 is 1. The molecule has 0 aromatic rings. The molecule has 15 nitrogen and oxygen atoms in total. The first-order valence-electron chi connectivity index (χ1n) is 13.9. The summed E-state index contributed by atoms with van der Waals surface area (Å²) in [6, 6.07) is -4.77. The van der Waals surface area contributed by atoms with Gasteiger partial charge in [-0.2, -0.15) is 0 Å². The summed E-state index contributed by atoms with van der Waals surface area (Å²) in [5, 5.41) is 10.0. The Morgan fingerprint density at radius 3 is 1.57 bits per heavy atom. The zero-order valence-electron chi connectivity index (χ0n) is 25.8. The summed E-state index contributed by atoms with van der Waals surface area (Å²) >= 11 is 0. The molecule has 0 aliphatic carbocycles. The van der Waals surface area contributed by atoms with E-state index in [1.165, 1.54) is 7.11 Å². The van der Waals surface area contributed by atoms with Gasteiger partial charge in [-0.25, -0.2) is 9.59 Å². The summed E-state index contributed by atoms with van der Waals surface area (Å²) in [7, 11) is 1.19. The van der Waals surface area contributed by atoms with Crippen LogP contribution in [0.15, 0.2) is 0 Å². The molecule has 8 N–H and O–H groups in total. The Bertz CT molecular complexity index is 980. The fourth-order valence-electron chi connectivity index (χ4n) is 3.66. The summed E-state index contributed by atoms with van der Waals surface area (Å²) in [5.74, 6) is -5.15. The molecule has 0 aliphatic heterocycles. The van der Waals surface area contributed by atoms with Crippen LogP contribution < -0.4 is 32.7 Å². The predicted molar refractivity (Wildman–Crippen MR) is 152 cm³/mol. The third kappa shape index (κ3) is 14.6. The average Bonchev–Trinajstić information content (AvgIpc) is 2.87. The molecule has 0 unspecified atom stereocenters. The van der Waals surface area contributed by atoms with E-state index in [-0.39, 0.29) is 31.6 Å². The van der Waals surface area contributed by atoms with Gasteiger partial charge in [0.25, 0.3) is 0 Å². The first kappa shape index (κ1) is 38.1. The van der Waals surface area contributed by atoms with E-state index in [0.717, 1.165) is 0 Å². The Labute approximate surface area is 246 Å². The Morgan fingerprint density at radius 2 is 1.17 bits per heavy atom. The highest BCUT2D eigenvalue weighted by atomic mass is 16.6. The molecular weight excluding hydrogens is 552 g/mol. The van der Waals surface area contributed by atoms with E-state index in [9.17, 15) is 33.6 Å². The van der Waals surface area contributed by atoms with Crippen LogP contribution in [0.4, 0.5) is 4.79 Å². The number of esters is 1. The van der Waals surface area contributed by atoms with Gasteiger partial charge in [0.1, 0.15) is 29.8 Å². The molecule has 0 rings (SSSR count). The average molecular weight is 601 g/mol. The molecule has 15 heteroatoms. The van der Waals surface area contributed by atoms with Crippen LogP contribution in [0.5, 0.6) is 0 Å². The van der Waals surface area contributed by atoms with Gasteiger partial charge in [-0.1, -0.05) is 34.1 Å². The monoisotopic (exact) mass is 600 g/mol. The van der Waals surface area contributed by atoms with Crippen molar-refractivity contribution >= 4 is 41.6 Å². The molecular formula is C27H48N6O9. The zero-order chi connectivity index (χ0) is 32.8. The molecule has 0 aromatic heterocycles. The molecule has 0 saturated carbocycles. The normalized spacial score (nSPS) is 14.8.